The predicted molar refractivity (Wildman–Crippen MR) is 81.8 cm³/mol. The Morgan fingerprint density at radius 1 is 1.39 bits per heavy atom. The third kappa shape index (κ3) is 3.82. The fourth-order valence-corrected chi connectivity index (χ4v) is 3.17. The molecule has 2 fully saturated rings. The molecule has 2 aliphatic heterocycles. The Labute approximate surface area is 135 Å². The van der Waals surface area contributed by atoms with Gasteiger partial charge < -0.3 is 19.1 Å². The van der Waals surface area contributed by atoms with E-state index in [1.165, 1.54) is 24.3 Å². The van der Waals surface area contributed by atoms with Gasteiger partial charge >= 0.3 is 0 Å². The first-order valence-electron chi connectivity index (χ1n) is 8.02. The van der Waals surface area contributed by atoms with Crippen molar-refractivity contribution >= 4 is 5.91 Å². The number of rotatable bonds is 5. The van der Waals surface area contributed by atoms with Gasteiger partial charge in [-0.3, -0.25) is 4.79 Å². The molecule has 1 aromatic carbocycles. The standard InChI is InChI=1S/C17H22FNO4/c1-2-21-15-7-8-23-17(9-15)11-19(12-17)16(20)10-22-14-5-3-13(18)4-6-14/h3-6,15H,2,7-12H2,1H3/t15-/m0/s1. The van der Waals surface area contributed by atoms with Gasteiger partial charge in [0.1, 0.15) is 17.2 Å². The molecule has 0 unspecified atom stereocenters. The second-order valence-corrected chi connectivity index (χ2v) is 6.09. The van der Waals surface area contributed by atoms with Gasteiger partial charge in [0.2, 0.25) is 0 Å². The molecule has 1 spiro atoms. The van der Waals surface area contributed by atoms with Crippen LogP contribution in [0.25, 0.3) is 0 Å². The van der Waals surface area contributed by atoms with Crippen LogP contribution in [0.2, 0.25) is 0 Å². The summed E-state index contributed by atoms with van der Waals surface area (Å²) in [7, 11) is 0. The second kappa shape index (κ2) is 6.84. The minimum atomic E-state index is -0.327. The minimum Gasteiger partial charge on any atom is -0.484 e. The molecule has 1 amide bonds. The fourth-order valence-electron chi connectivity index (χ4n) is 3.17. The number of hydrogen-bond donors (Lipinski definition) is 0. The molecule has 23 heavy (non-hydrogen) atoms. The maximum absolute atomic E-state index is 12.8. The van der Waals surface area contributed by atoms with E-state index in [9.17, 15) is 9.18 Å². The second-order valence-electron chi connectivity index (χ2n) is 6.09. The molecule has 6 heteroatoms. The maximum atomic E-state index is 12.8. The van der Waals surface area contributed by atoms with E-state index in [0.29, 0.717) is 32.1 Å². The first kappa shape index (κ1) is 16.2. The van der Waals surface area contributed by atoms with Crippen LogP contribution >= 0.6 is 0 Å². The number of amides is 1. The summed E-state index contributed by atoms with van der Waals surface area (Å²) >= 11 is 0. The van der Waals surface area contributed by atoms with Crippen molar-refractivity contribution in [1.29, 1.82) is 0 Å². The molecule has 0 bridgehead atoms. The third-order valence-corrected chi connectivity index (χ3v) is 4.34. The Bertz CT molecular complexity index is 540. The normalized spacial score (nSPS) is 22.7. The van der Waals surface area contributed by atoms with Crippen molar-refractivity contribution < 1.29 is 23.4 Å². The Balaban J connectivity index is 1.45. The van der Waals surface area contributed by atoms with Gasteiger partial charge in [-0.2, -0.15) is 0 Å². The van der Waals surface area contributed by atoms with Crippen LogP contribution in [0.1, 0.15) is 19.8 Å². The highest BCUT2D eigenvalue weighted by Gasteiger charge is 2.49. The molecular weight excluding hydrogens is 301 g/mol. The number of nitrogens with zero attached hydrogens (tertiary/aromatic N) is 1. The van der Waals surface area contributed by atoms with Crippen molar-refractivity contribution in [2.75, 3.05) is 32.9 Å². The van der Waals surface area contributed by atoms with Crippen molar-refractivity contribution in [3.8, 4) is 5.75 Å². The van der Waals surface area contributed by atoms with E-state index >= 15 is 0 Å². The Morgan fingerprint density at radius 3 is 2.83 bits per heavy atom. The fraction of sp³-hybridized carbons (Fsp3) is 0.588. The first-order chi connectivity index (χ1) is 11.1. The number of benzene rings is 1. The minimum absolute atomic E-state index is 0.0450. The topological polar surface area (TPSA) is 48.0 Å². The Kier molecular flexibility index (Phi) is 4.82. The van der Waals surface area contributed by atoms with Gasteiger partial charge in [-0.05, 0) is 37.6 Å². The summed E-state index contributed by atoms with van der Waals surface area (Å²) in [6.45, 7) is 4.50. The van der Waals surface area contributed by atoms with E-state index in [1.807, 2.05) is 6.92 Å². The lowest BCUT2D eigenvalue weighted by Crippen LogP contribution is -2.67. The quantitative estimate of drug-likeness (QED) is 0.831. The lowest BCUT2D eigenvalue weighted by atomic mass is 9.84. The van der Waals surface area contributed by atoms with Crippen LogP contribution in [0.5, 0.6) is 5.75 Å². The summed E-state index contributed by atoms with van der Waals surface area (Å²) in [5, 5.41) is 0. The highest BCUT2D eigenvalue weighted by atomic mass is 19.1. The van der Waals surface area contributed by atoms with Gasteiger partial charge in [0, 0.05) is 19.6 Å². The van der Waals surface area contributed by atoms with Gasteiger partial charge in [-0.15, -0.1) is 0 Å². The van der Waals surface area contributed by atoms with Gasteiger partial charge in [-0.25, -0.2) is 4.39 Å². The predicted octanol–water partition coefficient (Wildman–Crippen LogP) is 2.00. The van der Waals surface area contributed by atoms with Crippen LogP contribution in [0.3, 0.4) is 0 Å². The average Bonchev–Trinajstić information content (AvgIpc) is 2.52. The average molecular weight is 323 g/mol. The van der Waals surface area contributed by atoms with E-state index < -0.39 is 0 Å². The lowest BCUT2D eigenvalue weighted by Gasteiger charge is -2.52. The van der Waals surface area contributed by atoms with Crippen LogP contribution in [-0.4, -0.2) is 55.4 Å². The first-order valence-corrected chi connectivity index (χ1v) is 8.02. The largest absolute Gasteiger partial charge is 0.484 e. The van der Waals surface area contributed by atoms with Gasteiger partial charge in [0.15, 0.2) is 6.61 Å². The Morgan fingerprint density at radius 2 is 2.13 bits per heavy atom. The van der Waals surface area contributed by atoms with Crippen LogP contribution in [0, 0.1) is 5.82 Å². The van der Waals surface area contributed by atoms with Crippen molar-refractivity contribution in [1.82, 2.24) is 4.90 Å². The molecule has 0 radical (unpaired) electrons. The monoisotopic (exact) mass is 323 g/mol. The number of carbonyl (C=O) groups is 1. The molecule has 5 nitrogen and oxygen atoms in total. The SMILES string of the molecule is CCO[C@H]1CCOC2(C1)CN(C(=O)COc1ccc(F)cc1)C2. The molecule has 0 aliphatic carbocycles. The number of halogens is 1. The van der Waals surface area contributed by atoms with E-state index in [-0.39, 0.29) is 30.0 Å². The molecular formula is C17H22FNO4. The van der Waals surface area contributed by atoms with Crippen LogP contribution in [0.15, 0.2) is 24.3 Å². The summed E-state index contributed by atoms with van der Waals surface area (Å²) in [4.78, 5) is 13.9. The van der Waals surface area contributed by atoms with Gasteiger partial charge in [0.05, 0.1) is 19.2 Å². The van der Waals surface area contributed by atoms with E-state index in [0.717, 1.165) is 12.8 Å². The molecule has 2 aliphatic rings. The van der Waals surface area contributed by atoms with Gasteiger partial charge in [0.25, 0.3) is 5.91 Å². The van der Waals surface area contributed by atoms with Crippen molar-refractivity contribution in [2.45, 2.75) is 31.5 Å². The summed E-state index contributed by atoms with van der Waals surface area (Å²) in [6, 6.07) is 5.64. The van der Waals surface area contributed by atoms with Crippen molar-refractivity contribution in [3.05, 3.63) is 30.1 Å². The van der Waals surface area contributed by atoms with E-state index in [2.05, 4.69) is 0 Å². The highest BCUT2D eigenvalue weighted by Crippen LogP contribution is 2.35. The number of hydrogen-bond acceptors (Lipinski definition) is 4. The summed E-state index contributed by atoms with van der Waals surface area (Å²) in [5.41, 5.74) is -0.246. The molecule has 0 saturated carbocycles. The molecule has 3 rings (SSSR count). The van der Waals surface area contributed by atoms with Crippen molar-refractivity contribution in [3.63, 3.8) is 0 Å². The zero-order chi connectivity index (χ0) is 16.3. The molecule has 2 saturated heterocycles. The molecule has 1 atom stereocenters. The van der Waals surface area contributed by atoms with Crippen molar-refractivity contribution in [2.24, 2.45) is 0 Å². The number of likely N-dealkylation sites (tertiary alicyclic amines) is 1. The maximum Gasteiger partial charge on any atom is 0.260 e. The van der Waals surface area contributed by atoms with E-state index in [1.54, 1.807) is 4.90 Å². The zero-order valence-electron chi connectivity index (χ0n) is 13.3. The summed E-state index contributed by atoms with van der Waals surface area (Å²) in [5.74, 6) is 0.0778. The van der Waals surface area contributed by atoms with Crippen LogP contribution < -0.4 is 4.74 Å². The summed E-state index contributed by atoms with van der Waals surface area (Å²) < 4.78 is 29.8. The van der Waals surface area contributed by atoms with Crippen LogP contribution in [-0.2, 0) is 14.3 Å². The molecule has 2 heterocycles. The number of ether oxygens (including phenoxy) is 3. The third-order valence-electron chi connectivity index (χ3n) is 4.34. The van der Waals surface area contributed by atoms with E-state index in [4.69, 9.17) is 14.2 Å². The molecule has 0 N–H and O–H groups in total. The zero-order valence-corrected chi connectivity index (χ0v) is 13.3. The highest BCUT2D eigenvalue weighted by molar-refractivity contribution is 5.79. The molecule has 0 aromatic heterocycles. The number of carbonyl (C=O) groups excluding carboxylic acids is 1. The smallest absolute Gasteiger partial charge is 0.260 e. The molecule has 1 aromatic rings. The van der Waals surface area contributed by atoms with Crippen LogP contribution in [0.4, 0.5) is 4.39 Å². The Hall–Kier alpha value is -1.66. The van der Waals surface area contributed by atoms with Gasteiger partial charge in [-0.1, -0.05) is 0 Å². The lowest BCUT2D eigenvalue weighted by molar-refractivity contribution is -0.201. The molecule has 126 valence electrons. The summed E-state index contributed by atoms with van der Waals surface area (Å²) in [6.07, 6.45) is 1.97.